The molecule has 0 aliphatic carbocycles. The van der Waals surface area contributed by atoms with Crippen LogP contribution in [0.5, 0.6) is 0 Å². The Bertz CT molecular complexity index is 810. The van der Waals surface area contributed by atoms with Crippen LogP contribution in [0.1, 0.15) is 27.2 Å². The molecule has 0 bridgehead atoms. The number of anilines is 1. The molecule has 23 heavy (non-hydrogen) atoms. The summed E-state index contributed by atoms with van der Waals surface area (Å²) in [7, 11) is 0. The van der Waals surface area contributed by atoms with Gasteiger partial charge in [0.2, 0.25) is 0 Å². The van der Waals surface area contributed by atoms with E-state index in [0.717, 1.165) is 21.3 Å². The van der Waals surface area contributed by atoms with E-state index in [9.17, 15) is 4.79 Å². The summed E-state index contributed by atoms with van der Waals surface area (Å²) in [6, 6.07) is 9.79. The van der Waals surface area contributed by atoms with Crippen molar-refractivity contribution < 1.29 is 4.79 Å². The van der Waals surface area contributed by atoms with Gasteiger partial charge >= 0.3 is 0 Å². The van der Waals surface area contributed by atoms with Crippen LogP contribution in [0.3, 0.4) is 0 Å². The number of nitrogens with one attached hydrogen (secondary N) is 1. The maximum atomic E-state index is 12.3. The van der Waals surface area contributed by atoms with Crippen molar-refractivity contribution in [3.8, 4) is 0 Å². The summed E-state index contributed by atoms with van der Waals surface area (Å²) in [5.41, 5.74) is 1.11. The van der Waals surface area contributed by atoms with Crippen molar-refractivity contribution in [3.63, 3.8) is 0 Å². The van der Waals surface area contributed by atoms with E-state index in [0.29, 0.717) is 17.4 Å². The molecule has 0 atom stereocenters. The molecule has 0 aliphatic rings. The summed E-state index contributed by atoms with van der Waals surface area (Å²) in [5.74, 6) is 0.457. The molecule has 0 aliphatic heterocycles. The van der Waals surface area contributed by atoms with Crippen LogP contribution in [-0.4, -0.2) is 20.7 Å². The molecule has 1 aromatic carbocycles. The number of carbonyl (C=O) groups is 1. The minimum Gasteiger partial charge on any atom is -0.305 e. The lowest BCUT2D eigenvalue weighted by Crippen LogP contribution is -2.16. The number of rotatable bonds is 5. The summed E-state index contributed by atoms with van der Waals surface area (Å²) >= 11 is 4.84. The fourth-order valence-corrected chi connectivity index (χ4v) is 3.08. The Morgan fingerprint density at radius 3 is 2.78 bits per heavy atom. The third-order valence-corrected chi connectivity index (χ3v) is 4.97. The van der Waals surface area contributed by atoms with E-state index >= 15 is 0 Å². The van der Waals surface area contributed by atoms with Crippen molar-refractivity contribution >= 4 is 39.0 Å². The summed E-state index contributed by atoms with van der Waals surface area (Å²) in [6.45, 7) is 2.64. The van der Waals surface area contributed by atoms with Gasteiger partial charge in [-0.15, -0.1) is 11.3 Å². The normalized spacial score (nSPS) is 10.7. The van der Waals surface area contributed by atoms with Crippen molar-refractivity contribution in [3.05, 3.63) is 62.6 Å². The fourth-order valence-electron chi connectivity index (χ4n) is 2.07. The maximum Gasteiger partial charge on any atom is 0.285 e. The first-order valence-electron chi connectivity index (χ1n) is 7.18. The van der Waals surface area contributed by atoms with Crippen LogP contribution in [0, 0.1) is 0 Å². The van der Waals surface area contributed by atoms with Crippen LogP contribution >= 0.6 is 27.3 Å². The molecule has 5 nitrogen and oxygen atoms in total. The van der Waals surface area contributed by atoms with Crippen LogP contribution in [0.15, 0.2) is 47.2 Å². The molecule has 0 radical (unpaired) electrons. The predicted octanol–water partition coefficient (Wildman–Crippen LogP) is 3.97. The predicted molar refractivity (Wildman–Crippen MR) is 94.9 cm³/mol. The number of halogens is 1. The van der Waals surface area contributed by atoms with E-state index in [-0.39, 0.29) is 5.91 Å². The van der Waals surface area contributed by atoms with Crippen molar-refractivity contribution in [2.24, 2.45) is 0 Å². The van der Waals surface area contributed by atoms with Gasteiger partial charge in [0.15, 0.2) is 5.01 Å². The quantitative estimate of drug-likeness (QED) is 0.716. The molecule has 3 rings (SSSR count). The van der Waals surface area contributed by atoms with Crippen LogP contribution in [0.25, 0.3) is 0 Å². The molecule has 2 aromatic heterocycles. The molecule has 1 N–H and O–H groups in total. The number of aryl methyl sites for hydroxylation is 1. The highest BCUT2D eigenvalue weighted by atomic mass is 79.9. The number of thiazole rings is 1. The lowest BCUT2D eigenvalue weighted by Gasteiger charge is -2.08. The van der Waals surface area contributed by atoms with Crippen molar-refractivity contribution in [1.82, 2.24) is 14.8 Å². The van der Waals surface area contributed by atoms with Crippen LogP contribution in [-0.2, 0) is 13.0 Å². The Morgan fingerprint density at radius 2 is 2.09 bits per heavy atom. The van der Waals surface area contributed by atoms with Crippen LogP contribution in [0.4, 0.5) is 5.82 Å². The molecule has 0 saturated carbocycles. The SMILES string of the molecule is CCc1cnc(C(=O)Nc2ccnn2Cc2ccc(Br)cc2)s1. The number of nitrogens with zero attached hydrogens (tertiary/aromatic N) is 3. The Hall–Kier alpha value is -1.99. The first-order valence-corrected chi connectivity index (χ1v) is 8.79. The first kappa shape index (κ1) is 15.9. The average molecular weight is 391 g/mol. The Balaban J connectivity index is 1.73. The molecule has 0 unspecified atom stereocenters. The monoisotopic (exact) mass is 390 g/mol. The lowest BCUT2D eigenvalue weighted by molar-refractivity contribution is 0.102. The number of hydrogen-bond acceptors (Lipinski definition) is 4. The first-order chi connectivity index (χ1) is 11.2. The summed E-state index contributed by atoms with van der Waals surface area (Å²) in [6.07, 6.45) is 4.30. The van der Waals surface area contributed by atoms with Gasteiger partial charge in [0.1, 0.15) is 5.82 Å². The average Bonchev–Trinajstić information content (AvgIpc) is 3.19. The van der Waals surface area contributed by atoms with Crippen LogP contribution in [0.2, 0.25) is 0 Å². The highest BCUT2D eigenvalue weighted by molar-refractivity contribution is 9.10. The standard InChI is InChI=1S/C16H15BrN4OS/c1-2-13-9-18-16(23-13)15(22)20-14-7-8-19-21(14)10-11-3-5-12(17)6-4-11/h3-9H,2,10H2,1H3,(H,20,22). The van der Waals surface area contributed by atoms with E-state index in [1.807, 2.05) is 31.2 Å². The van der Waals surface area contributed by atoms with Gasteiger partial charge in [0, 0.05) is 21.6 Å². The number of carbonyl (C=O) groups excluding carboxylic acids is 1. The molecule has 2 heterocycles. The smallest absolute Gasteiger partial charge is 0.285 e. The van der Waals surface area contributed by atoms with E-state index in [1.165, 1.54) is 11.3 Å². The van der Waals surface area contributed by atoms with E-state index in [4.69, 9.17) is 0 Å². The third kappa shape index (κ3) is 3.86. The largest absolute Gasteiger partial charge is 0.305 e. The molecule has 118 valence electrons. The molecular formula is C16H15BrN4OS. The number of aromatic nitrogens is 3. The zero-order chi connectivity index (χ0) is 16.2. The van der Waals surface area contributed by atoms with Crippen LogP contribution < -0.4 is 5.32 Å². The van der Waals surface area contributed by atoms with Crippen molar-refractivity contribution in [2.45, 2.75) is 19.9 Å². The Kier molecular flexibility index (Phi) is 4.88. The summed E-state index contributed by atoms with van der Waals surface area (Å²) in [4.78, 5) is 17.5. The minimum atomic E-state index is -0.202. The molecular weight excluding hydrogens is 376 g/mol. The topological polar surface area (TPSA) is 59.8 Å². The van der Waals surface area contributed by atoms with Gasteiger partial charge in [0.25, 0.3) is 5.91 Å². The number of benzene rings is 1. The van der Waals surface area contributed by atoms with E-state index < -0.39 is 0 Å². The van der Waals surface area contributed by atoms with Gasteiger partial charge in [-0.1, -0.05) is 35.0 Å². The molecule has 7 heteroatoms. The van der Waals surface area contributed by atoms with Gasteiger partial charge < -0.3 is 5.32 Å². The molecule has 3 aromatic rings. The molecule has 1 amide bonds. The van der Waals surface area contributed by atoms with Gasteiger partial charge in [0.05, 0.1) is 12.7 Å². The van der Waals surface area contributed by atoms with Crippen molar-refractivity contribution in [2.75, 3.05) is 5.32 Å². The van der Waals surface area contributed by atoms with Gasteiger partial charge in [-0.3, -0.25) is 4.79 Å². The zero-order valence-electron chi connectivity index (χ0n) is 12.5. The maximum absolute atomic E-state index is 12.3. The Labute approximate surface area is 146 Å². The van der Waals surface area contributed by atoms with E-state index in [1.54, 1.807) is 23.1 Å². The fraction of sp³-hybridized carbons (Fsp3) is 0.188. The molecule has 0 spiro atoms. The van der Waals surface area contributed by atoms with Gasteiger partial charge in [-0.25, -0.2) is 9.67 Å². The van der Waals surface area contributed by atoms with Crippen molar-refractivity contribution in [1.29, 1.82) is 0 Å². The summed E-state index contributed by atoms with van der Waals surface area (Å²) < 4.78 is 2.79. The van der Waals surface area contributed by atoms with Gasteiger partial charge in [-0.05, 0) is 24.1 Å². The zero-order valence-corrected chi connectivity index (χ0v) is 14.9. The highest BCUT2D eigenvalue weighted by Crippen LogP contribution is 2.17. The second-order valence-corrected chi connectivity index (χ2v) is 6.97. The molecule has 0 fully saturated rings. The highest BCUT2D eigenvalue weighted by Gasteiger charge is 2.13. The lowest BCUT2D eigenvalue weighted by atomic mass is 10.2. The Morgan fingerprint density at radius 1 is 1.30 bits per heavy atom. The minimum absolute atomic E-state index is 0.202. The molecule has 0 saturated heterocycles. The number of amides is 1. The number of hydrogen-bond donors (Lipinski definition) is 1. The second kappa shape index (κ2) is 7.06. The third-order valence-electron chi connectivity index (χ3n) is 3.30. The second-order valence-electron chi connectivity index (χ2n) is 4.94. The van der Waals surface area contributed by atoms with Gasteiger partial charge in [-0.2, -0.15) is 5.10 Å². The van der Waals surface area contributed by atoms with E-state index in [2.05, 4.69) is 31.3 Å². The summed E-state index contributed by atoms with van der Waals surface area (Å²) in [5, 5.41) is 7.62.